The van der Waals surface area contributed by atoms with E-state index in [0.717, 1.165) is 11.4 Å². The van der Waals surface area contributed by atoms with Crippen molar-refractivity contribution < 1.29 is 32.7 Å². The molecule has 0 N–H and O–H groups in total. The van der Waals surface area contributed by atoms with Gasteiger partial charge >= 0.3 is 0 Å². The molecule has 0 spiro atoms. The first-order valence-electron chi connectivity index (χ1n) is 2.12. The molecule has 0 aromatic carbocycles. The zero-order chi connectivity index (χ0) is 5.11. The van der Waals surface area contributed by atoms with Crippen LogP contribution < -0.4 is 0 Å². The minimum Gasteiger partial charge on any atom is -0.316 e. The molecule has 0 aliphatic heterocycles. The molecule has 1 aromatic rings. The second-order valence-electron chi connectivity index (χ2n) is 1.14. The van der Waals surface area contributed by atoms with Crippen molar-refractivity contribution in [2.75, 3.05) is 0 Å². The van der Waals surface area contributed by atoms with Crippen LogP contribution in [0.25, 0.3) is 0 Å². The fourth-order valence-corrected chi connectivity index (χ4v) is 0.726. The molecule has 1 rings (SSSR count). The molecule has 0 amide bonds. The van der Waals surface area contributed by atoms with Crippen LogP contribution in [0.1, 0.15) is 11.9 Å². The van der Waals surface area contributed by atoms with Gasteiger partial charge in [-0.1, -0.05) is 18.9 Å². The van der Waals surface area contributed by atoms with Gasteiger partial charge in [-0.2, -0.15) is 0 Å². The minimum atomic E-state index is 0. The van der Waals surface area contributed by atoms with Gasteiger partial charge in [-0.25, -0.2) is 0 Å². The number of hydrogen-bond acceptors (Lipinski definition) is 3. The molecule has 4 heteroatoms. The molecule has 0 fully saturated rings. The fourth-order valence-electron chi connectivity index (χ4n) is 0.313. The maximum Gasteiger partial charge on any atom is 0 e. The van der Waals surface area contributed by atoms with E-state index in [1.807, 2.05) is 6.92 Å². The normalized spacial score (nSPS) is 8.12. The van der Waals surface area contributed by atoms with Crippen LogP contribution in [-0.2, 0) is 39.1 Å². The molecule has 0 saturated carbocycles. The zero-order valence-corrected chi connectivity index (χ0v) is 8.24. The Bertz CT molecular complexity index is 129. The van der Waals surface area contributed by atoms with Crippen molar-refractivity contribution in [2.24, 2.45) is 0 Å². The Morgan fingerprint density at radius 1 is 1.75 bits per heavy atom. The van der Waals surface area contributed by atoms with Gasteiger partial charge in [0.1, 0.15) is 0 Å². The van der Waals surface area contributed by atoms with E-state index in [2.05, 4.69) is 15.7 Å². The summed E-state index contributed by atoms with van der Waals surface area (Å²) in [5.74, 6) is 0. The van der Waals surface area contributed by atoms with Crippen LogP contribution in [0.2, 0.25) is 0 Å². The average molecular weight is 202 g/mol. The van der Waals surface area contributed by atoms with Crippen molar-refractivity contribution in [1.29, 1.82) is 0 Å². The number of aromatic nitrogens is 2. The van der Waals surface area contributed by atoms with Gasteiger partial charge in [0, 0.05) is 32.7 Å². The first-order chi connectivity index (χ1) is 3.43. The van der Waals surface area contributed by atoms with Crippen LogP contribution in [0.15, 0.2) is 0 Å². The van der Waals surface area contributed by atoms with Crippen molar-refractivity contribution in [1.82, 2.24) is 10.2 Å². The first-order valence-corrected chi connectivity index (χ1v) is 2.93. The molecular weight excluding hydrogens is 197 g/mol. The number of hydrogen-bond donors (Lipinski definition) is 0. The quantitative estimate of drug-likeness (QED) is 0.632. The second kappa shape index (κ2) is 4.53. The van der Waals surface area contributed by atoms with E-state index in [9.17, 15) is 0 Å². The first kappa shape index (κ1) is 8.66. The predicted molar refractivity (Wildman–Crippen MR) is 28.1 cm³/mol. The largest absolute Gasteiger partial charge is 0.316 e. The van der Waals surface area contributed by atoms with Crippen LogP contribution in [0, 0.1) is 5.51 Å². The third kappa shape index (κ3) is 2.29. The van der Waals surface area contributed by atoms with E-state index in [-0.39, 0.29) is 32.7 Å². The van der Waals surface area contributed by atoms with Gasteiger partial charge in [-0.3, -0.25) is 10.2 Å². The van der Waals surface area contributed by atoms with Gasteiger partial charge in [-0.15, -0.1) is 0 Å². The summed E-state index contributed by atoms with van der Waals surface area (Å²) in [6, 6.07) is 0. The molecule has 0 saturated heterocycles. The van der Waals surface area contributed by atoms with Crippen LogP contribution in [-0.4, -0.2) is 10.2 Å². The molecule has 1 heterocycles. The van der Waals surface area contributed by atoms with E-state index in [1.54, 1.807) is 0 Å². The van der Waals surface area contributed by atoms with E-state index in [0.29, 0.717) is 0 Å². The van der Waals surface area contributed by atoms with Crippen molar-refractivity contribution >= 4 is 11.3 Å². The van der Waals surface area contributed by atoms with Crippen LogP contribution in [0.3, 0.4) is 0 Å². The maximum absolute atomic E-state index is 3.75. The number of rotatable bonds is 1. The summed E-state index contributed by atoms with van der Waals surface area (Å²) in [6.07, 6.45) is 0.973. The standard InChI is InChI=1S/C4H5N2S.Y/c1-2-4-6-5-3-7-4;/h2H2,1H3;/q-1;. The monoisotopic (exact) mass is 202 g/mol. The Kier molecular flexibility index (Phi) is 4.91. The van der Waals surface area contributed by atoms with Gasteiger partial charge in [0.2, 0.25) is 0 Å². The molecule has 0 aliphatic rings. The molecule has 0 atom stereocenters. The Hall–Kier alpha value is 0.664. The van der Waals surface area contributed by atoms with E-state index < -0.39 is 0 Å². The van der Waals surface area contributed by atoms with Crippen LogP contribution in [0.4, 0.5) is 0 Å². The SMILES string of the molecule is CCc1nn[c-]s1.[Y]. The minimum absolute atomic E-state index is 0. The molecule has 2 nitrogen and oxygen atoms in total. The molecular formula is C4H5N2SY-. The summed E-state index contributed by atoms with van der Waals surface area (Å²) in [5, 5.41) is 8.34. The summed E-state index contributed by atoms with van der Waals surface area (Å²) in [4.78, 5) is 0. The molecule has 1 aromatic heterocycles. The zero-order valence-electron chi connectivity index (χ0n) is 4.59. The Balaban J connectivity index is 0.000000490. The van der Waals surface area contributed by atoms with Crippen LogP contribution in [0.5, 0.6) is 0 Å². The Morgan fingerprint density at radius 3 is 2.75 bits per heavy atom. The second-order valence-corrected chi connectivity index (χ2v) is 2.00. The fraction of sp³-hybridized carbons (Fsp3) is 0.500. The average Bonchev–Trinajstić information content (AvgIpc) is 2.14. The van der Waals surface area contributed by atoms with Crippen molar-refractivity contribution in [2.45, 2.75) is 13.3 Å². The van der Waals surface area contributed by atoms with Gasteiger partial charge in [-0.05, 0) is 5.01 Å². The summed E-state index contributed by atoms with van der Waals surface area (Å²) >= 11 is 1.48. The molecule has 0 bridgehead atoms. The summed E-state index contributed by atoms with van der Waals surface area (Å²) in [7, 11) is 0. The van der Waals surface area contributed by atoms with Crippen molar-refractivity contribution in [3.63, 3.8) is 0 Å². The van der Waals surface area contributed by atoms with Gasteiger partial charge < -0.3 is 11.3 Å². The molecule has 8 heavy (non-hydrogen) atoms. The van der Waals surface area contributed by atoms with Gasteiger partial charge in [0.05, 0.1) is 0 Å². The summed E-state index contributed by atoms with van der Waals surface area (Å²) in [6.45, 7) is 2.05. The predicted octanol–water partition coefficient (Wildman–Crippen LogP) is 0.898. The summed E-state index contributed by atoms with van der Waals surface area (Å²) in [5.41, 5.74) is 2.66. The molecule has 1 radical (unpaired) electrons. The molecule has 0 aliphatic carbocycles. The molecule has 0 unspecified atom stereocenters. The van der Waals surface area contributed by atoms with E-state index in [1.165, 1.54) is 11.3 Å². The van der Waals surface area contributed by atoms with E-state index in [4.69, 9.17) is 0 Å². The summed E-state index contributed by atoms with van der Waals surface area (Å²) < 4.78 is 0. The number of aryl methyl sites for hydroxylation is 1. The third-order valence-corrected chi connectivity index (χ3v) is 1.45. The van der Waals surface area contributed by atoms with Gasteiger partial charge in [0.25, 0.3) is 0 Å². The van der Waals surface area contributed by atoms with Crippen molar-refractivity contribution in [3.8, 4) is 0 Å². The smallest absolute Gasteiger partial charge is 0 e. The topological polar surface area (TPSA) is 25.8 Å². The Labute approximate surface area is 77.6 Å². The Morgan fingerprint density at radius 2 is 2.50 bits per heavy atom. The van der Waals surface area contributed by atoms with Crippen molar-refractivity contribution in [3.05, 3.63) is 10.5 Å². The van der Waals surface area contributed by atoms with Crippen LogP contribution >= 0.6 is 11.3 Å². The third-order valence-electron chi connectivity index (χ3n) is 0.668. The number of nitrogens with zero attached hydrogens (tertiary/aromatic N) is 2. The maximum atomic E-state index is 3.75. The van der Waals surface area contributed by atoms with E-state index >= 15 is 0 Å². The molecule has 41 valence electrons. The van der Waals surface area contributed by atoms with Gasteiger partial charge in [0.15, 0.2) is 0 Å².